The lowest BCUT2D eigenvalue weighted by molar-refractivity contribution is -0.223. The Morgan fingerprint density at radius 3 is 2.37 bits per heavy atom. The van der Waals surface area contributed by atoms with Crippen LogP contribution in [0.15, 0.2) is 24.5 Å². The Morgan fingerprint density at radius 2 is 1.84 bits per heavy atom. The molecular formula is C13H17F3N2O. The molecule has 0 aromatic carbocycles. The number of alkyl halides is 3. The molecule has 106 valence electrons. The summed E-state index contributed by atoms with van der Waals surface area (Å²) < 4.78 is 37.2. The summed E-state index contributed by atoms with van der Waals surface area (Å²) in [6, 6.07) is 3.80. The molecule has 6 heteroatoms. The third-order valence-electron chi connectivity index (χ3n) is 3.57. The number of hydrogen-bond acceptors (Lipinski definition) is 3. The summed E-state index contributed by atoms with van der Waals surface area (Å²) in [7, 11) is 0. The zero-order valence-corrected chi connectivity index (χ0v) is 10.5. The molecule has 1 aromatic rings. The predicted molar refractivity (Wildman–Crippen MR) is 64.3 cm³/mol. The first kappa shape index (κ1) is 14.3. The zero-order chi connectivity index (χ0) is 13.9. The van der Waals surface area contributed by atoms with Gasteiger partial charge in [0.15, 0.2) is 6.10 Å². The minimum atomic E-state index is -4.50. The molecule has 2 rings (SSSR count). The van der Waals surface area contributed by atoms with Crippen LogP contribution in [0.25, 0.3) is 0 Å². The van der Waals surface area contributed by atoms with Gasteiger partial charge in [-0.15, -0.1) is 0 Å². The fraction of sp³-hybridized carbons (Fsp3) is 0.615. The predicted octanol–water partition coefficient (Wildman–Crippen LogP) is 2.22. The highest BCUT2D eigenvalue weighted by molar-refractivity contribution is 5.09. The average molecular weight is 274 g/mol. The number of aromatic nitrogens is 1. The topological polar surface area (TPSA) is 36.4 Å². The highest BCUT2D eigenvalue weighted by Gasteiger charge is 2.44. The van der Waals surface area contributed by atoms with Crippen LogP contribution in [0.3, 0.4) is 0 Å². The number of halogens is 3. The molecule has 0 aliphatic carbocycles. The Labute approximate surface area is 110 Å². The quantitative estimate of drug-likeness (QED) is 0.918. The van der Waals surface area contributed by atoms with Crippen LogP contribution < -0.4 is 0 Å². The average Bonchev–Trinajstić information content (AvgIpc) is 2.39. The first-order valence-electron chi connectivity index (χ1n) is 6.33. The fourth-order valence-corrected chi connectivity index (χ4v) is 2.44. The minimum absolute atomic E-state index is 0.381. The van der Waals surface area contributed by atoms with E-state index in [-0.39, 0.29) is 0 Å². The number of aliphatic hydroxyl groups excluding tert-OH is 1. The number of aliphatic hydroxyl groups is 1. The summed E-state index contributed by atoms with van der Waals surface area (Å²) >= 11 is 0. The normalized spacial score (nSPS) is 20.4. The van der Waals surface area contributed by atoms with Crippen molar-refractivity contribution in [3.8, 4) is 0 Å². The van der Waals surface area contributed by atoms with Crippen LogP contribution >= 0.6 is 0 Å². The van der Waals surface area contributed by atoms with Crippen molar-refractivity contribution < 1.29 is 18.3 Å². The van der Waals surface area contributed by atoms with Crippen molar-refractivity contribution in [3.05, 3.63) is 30.1 Å². The zero-order valence-electron chi connectivity index (χ0n) is 10.5. The molecule has 1 aliphatic heterocycles. The molecule has 1 aromatic heterocycles. The van der Waals surface area contributed by atoms with Gasteiger partial charge < -0.3 is 5.11 Å². The van der Waals surface area contributed by atoms with E-state index in [9.17, 15) is 18.3 Å². The molecule has 0 bridgehead atoms. The second kappa shape index (κ2) is 5.88. The van der Waals surface area contributed by atoms with Crippen molar-refractivity contribution in [3.63, 3.8) is 0 Å². The molecule has 1 aliphatic rings. The third-order valence-corrected chi connectivity index (χ3v) is 3.57. The summed E-state index contributed by atoms with van der Waals surface area (Å²) in [6.07, 6.45) is -2.52. The molecular weight excluding hydrogens is 257 g/mol. The Kier molecular flexibility index (Phi) is 4.42. The van der Waals surface area contributed by atoms with Gasteiger partial charge in [0.2, 0.25) is 0 Å². The van der Waals surface area contributed by atoms with Gasteiger partial charge in [0.05, 0.1) is 0 Å². The molecule has 1 unspecified atom stereocenters. The van der Waals surface area contributed by atoms with Gasteiger partial charge in [0.1, 0.15) is 0 Å². The lowest BCUT2D eigenvalue weighted by Gasteiger charge is -2.34. The summed E-state index contributed by atoms with van der Waals surface area (Å²) in [5.74, 6) is -0.673. The Bertz CT molecular complexity index is 389. The highest BCUT2D eigenvalue weighted by atomic mass is 19.4. The molecule has 19 heavy (non-hydrogen) atoms. The van der Waals surface area contributed by atoms with Crippen molar-refractivity contribution in [2.75, 3.05) is 13.1 Å². The van der Waals surface area contributed by atoms with Gasteiger partial charge in [-0.05, 0) is 49.5 Å². The van der Waals surface area contributed by atoms with Crippen molar-refractivity contribution >= 4 is 0 Å². The summed E-state index contributed by atoms with van der Waals surface area (Å²) in [6.45, 7) is 1.89. The van der Waals surface area contributed by atoms with Crippen LogP contribution in [0.2, 0.25) is 0 Å². The largest absolute Gasteiger partial charge is 0.414 e. The monoisotopic (exact) mass is 274 g/mol. The molecule has 1 saturated heterocycles. The van der Waals surface area contributed by atoms with E-state index in [1.165, 1.54) is 0 Å². The van der Waals surface area contributed by atoms with E-state index in [4.69, 9.17) is 0 Å². The maximum absolute atomic E-state index is 12.4. The number of nitrogens with zero attached hydrogens (tertiary/aromatic N) is 2. The molecule has 0 saturated carbocycles. The smallest absolute Gasteiger partial charge is 0.383 e. The second-order valence-electron chi connectivity index (χ2n) is 4.96. The number of likely N-dealkylation sites (tertiary alicyclic amines) is 1. The van der Waals surface area contributed by atoms with Crippen molar-refractivity contribution in [1.82, 2.24) is 9.88 Å². The molecule has 1 fully saturated rings. The van der Waals surface area contributed by atoms with E-state index in [0.717, 1.165) is 12.1 Å². The molecule has 0 spiro atoms. The highest BCUT2D eigenvalue weighted by Crippen LogP contribution is 2.31. The molecule has 0 amide bonds. The van der Waals surface area contributed by atoms with Gasteiger partial charge in [-0.2, -0.15) is 13.2 Å². The van der Waals surface area contributed by atoms with Crippen LogP contribution in [-0.2, 0) is 6.54 Å². The van der Waals surface area contributed by atoms with Gasteiger partial charge in [-0.25, -0.2) is 0 Å². The Balaban J connectivity index is 1.83. The van der Waals surface area contributed by atoms with Gasteiger partial charge in [-0.1, -0.05) is 0 Å². The number of hydrogen-bond donors (Lipinski definition) is 1. The minimum Gasteiger partial charge on any atom is -0.383 e. The van der Waals surface area contributed by atoms with Crippen LogP contribution in [0, 0.1) is 5.92 Å². The van der Waals surface area contributed by atoms with Crippen LogP contribution in [0.1, 0.15) is 18.4 Å². The van der Waals surface area contributed by atoms with E-state index in [1.807, 2.05) is 12.1 Å². The van der Waals surface area contributed by atoms with Gasteiger partial charge in [-0.3, -0.25) is 9.88 Å². The fourth-order valence-electron chi connectivity index (χ4n) is 2.44. The van der Waals surface area contributed by atoms with Crippen LogP contribution in [0.4, 0.5) is 13.2 Å². The van der Waals surface area contributed by atoms with Gasteiger partial charge in [0.25, 0.3) is 0 Å². The number of pyridine rings is 1. The van der Waals surface area contributed by atoms with Crippen LogP contribution in [-0.4, -0.2) is 40.4 Å². The summed E-state index contributed by atoms with van der Waals surface area (Å²) in [5.41, 5.74) is 1.10. The van der Waals surface area contributed by atoms with Crippen molar-refractivity contribution in [2.24, 2.45) is 5.92 Å². The van der Waals surface area contributed by atoms with Crippen LogP contribution in [0.5, 0.6) is 0 Å². The number of piperidine rings is 1. The third kappa shape index (κ3) is 3.91. The van der Waals surface area contributed by atoms with E-state index >= 15 is 0 Å². The lowest BCUT2D eigenvalue weighted by atomic mass is 9.91. The van der Waals surface area contributed by atoms with E-state index in [0.29, 0.717) is 25.9 Å². The van der Waals surface area contributed by atoms with E-state index in [2.05, 4.69) is 9.88 Å². The maximum Gasteiger partial charge on any atom is 0.414 e. The maximum atomic E-state index is 12.4. The standard InChI is InChI=1S/C13H17F3N2O/c14-13(15,16)12(19)11-3-7-18(8-4-11)9-10-1-5-17-6-2-10/h1-2,5-6,11-12,19H,3-4,7-9H2. The molecule has 0 radical (unpaired) electrons. The van der Waals surface area contributed by atoms with Crippen molar-refractivity contribution in [1.29, 1.82) is 0 Å². The summed E-state index contributed by atoms with van der Waals surface area (Å²) in [5, 5.41) is 9.23. The molecule has 3 nitrogen and oxygen atoms in total. The Hall–Kier alpha value is -1.14. The molecule has 1 N–H and O–H groups in total. The van der Waals surface area contributed by atoms with E-state index < -0.39 is 18.2 Å². The summed E-state index contributed by atoms with van der Waals surface area (Å²) in [4.78, 5) is 6.03. The van der Waals surface area contributed by atoms with E-state index in [1.54, 1.807) is 12.4 Å². The second-order valence-corrected chi connectivity index (χ2v) is 4.96. The SMILES string of the molecule is OC(C1CCN(Cc2ccncc2)CC1)C(F)(F)F. The van der Waals surface area contributed by atoms with Gasteiger partial charge >= 0.3 is 6.18 Å². The van der Waals surface area contributed by atoms with Gasteiger partial charge in [0, 0.05) is 18.9 Å². The first-order chi connectivity index (χ1) is 8.97. The number of rotatable bonds is 3. The lowest BCUT2D eigenvalue weighted by Crippen LogP contribution is -2.43. The van der Waals surface area contributed by atoms with Crippen molar-refractivity contribution in [2.45, 2.75) is 31.7 Å². The molecule has 1 atom stereocenters. The first-order valence-corrected chi connectivity index (χ1v) is 6.33. The molecule has 2 heterocycles. The Morgan fingerprint density at radius 1 is 1.26 bits per heavy atom.